The number of nitrogens with zero attached hydrogens (tertiary/aromatic N) is 1. The minimum absolute atomic E-state index is 0.169. The van der Waals surface area contributed by atoms with Crippen LogP contribution >= 0.6 is 0 Å². The van der Waals surface area contributed by atoms with E-state index in [9.17, 15) is 0 Å². The molecule has 4 nitrogen and oxygen atoms in total. The normalized spacial score (nSPS) is 38.8. The van der Waals surface area contributed by atoms with Crippen molar-refractivity contribution in [2.75, 3.05) is 32.8 Å². The number of morpholine rings is 1. The molecular weight excluding hydrogens is 226 g/mol. The molecule has 3 aliphatic rings. The highest BCUT2D eigenvalue weighted by Gasteiger charge is 2.42. The predicted octanol–water partition coefficient (Wildman–Crippen LogP) is 1.12. The van der Waals surface area contributed by atoms with Gasteiger partial charge in [0.2, 0.25) is 0 Å². The number of ether oxygens (including phenoxy) is 1. The maximum atomic E-state index is 6.12. The van der Waals surface area contributed by atoms with Crippen molar-refractivity contribution in [1.29, 1.82) is 0 Å². The summed E-state index contributed by atoms with van der Waals surface area (Å²) in [6, 6.07) is 0. The van der Waals surface area contributed by atoms with Crippen molar-refractivity contribution in [3.63, 3.8) is 0 Å². The second kappa shape index (κ2) is 5.45. The van der Waals surface area contributed by atoms with E-state index in [0.717, 1.165) is 44.7 Å². The van der Waals surface area contributed by atoms with E-state index in [1.165, 1.54) is 38.5 Å². The molecule has 2 atom stereocenters. The first kappa shape index (κ1) is 12.9. The number of nitrogens with two attached hydrogens (primary N) is 1. The Morgan fingerprint density at radius 1 is 1.17 bits per heavy atom. The number of hydrogen-bond acceptors (Lipinski definition) is 4. The summed E-state index contributed by atoms with van der Waals surface area (Å²) >= 11 is 0. The van der Waals surface area contributed by atoms with Crippen LogP contribution in [0.3, 0.4) is 0 Å². The highest BCUT2D eigenvalue weighted by atomic mass is 16.5. The molecule has 0 aromatic carbocycles. The van der Waals surface area contributed by atoms with Crippen LogP contribution in [0.4, 0.5) is 0 Å². The third kappa shape index (κ3) is 2.87. The van der Waals surface area contributed by atoms with E-state index in [1.54, 1.807) is 0 Å². The highest BCUT2D eigenvalue weighted by Crippen LogP contribution is 2.46. The average molecular weight is 253 g/mol. The van der Waals surface area contributed by atoms with Gasteiger partial charge in [-0.2, -0.15) is 0 Å². The molecule has 2 unspecified atom stereocenters. The summed E-state index contributed by atoms with van der Waals surface area (Å²) in [6.07, 6.45) is 8.22. The second-order valence-corrected chi connectivity index (χ2v) is 6.39. The van der Waals surface area contributed by atoms with Gasteiger partial charge in [-0.1, -0.05) is 12.8 Å². The molecule has 2 saturated carbocycles. The Kier molecular flexibility index (Phi) is 3.89. The molecule has 3 N–H and O–H groups in total. The van der Waals surface area contributed by atoms with E-state index in [2.05, 4.69) is 10.4 Å². The van der Waals surface area contributed by atoms with Crippen LogP contribution in [-0.2, 0) is 4.74 Å². The topological polar surface area (TPSA) is 50.5 Å². The van der Waals surface area contributed by atoms with E-state index >= 15 is 0 Å². The summed E-state index contributed by atoms with van der Waals surface area (Å²) in [7, 11) is 0. The van der Waals surface area contributed by atoms with Gasteiger partial charge in [0, 0.05) is 25.2 Å². The van der Waals surface area contributed by atoms with Crippen LogP contribution < -0.4 is 11.2 Å². The Morgan fingerprint density at radius 3 is 2.61 bits per heavy atom. The average Bonchev–Trinajstić information content (AvgIpc) is 3.24. The fourth-order valence-corrected chi connectivity index (χ4v) is 3.72. The summed E-state index contributed by atoms with van der Waals surface area (Å²) in [5, 5.41) is 2.34. The summed E-state index contributed by atoms with van der Waals surface area (Å²) in [4.78, 5) is 0. The third-order valence-corrected chi connectivity index (χ3v) is 4.97. The van der Waals surface area contributed by atoms with E-state index in [1.807, 2.05) is 0 Å². The molecule has 0 radical (unpaired) electrons. The zero-order valence-corrected chi connectivity index (χ0v) is 11.4. The van der Waals surface area contributed by atoms with Gasteiger partial charge in [-0.25, -0.2) is 10.4 Å². The first-order valence-corrected chi connectivity index (χ1v) is 7.62. The van der Waals surface area contributed by atoms with E-state index in [4.69, 9.17) is 10.5 Å². The minimum Gasteiger partial charge on any atom is -0.379 e. The maximum absolute atomic E-state index is 6.12. The Labute approximate surface area is 110 Å². The first-order valence-electron chi connectivity index (χ1n) is 7.62. The van der Waals surface area contributed by atoms with Gasteiger partial charge >= 0.3 is 0 Å². The van der Waals surface area contributed by atoms with Crippen molar-refractivity contribution in [1.82, 2.24) is 10.4 Å². The molecule has 4 heteroatoms. The number of hydrazine groups is 1. The van der Waals surface area contributed by atoms with Crippen molar-refractivity contribution in [3.05, 3.63) is 0 Å². The van der Waals surface area contributed by atoms with E-state index in [-0.39, 0.29) is 5.54 Å². The standard InChI is InChI=1S/C14H27N3O/c15-11-14(16-17-6-8-18-9-7-17)5-1-2-13(10-14)12-3-4-12/h12-13,16H,1-11,15H2. The molecule has 18 heavy (non-hydrogen) atoms. The van der Waals surface area contributed by atoms with Crippen LogP contribution in [-0.4, -0.2) is 43.4 Å². The van der Waals surface area contributed by atoms with Crippen LogP contribution in [0.25, 0.3) is 0 Å². The summed E-state index contributed by atoms with van der Waals surface area (Å²) in [5.74, 6) is 1.94. The number of rotatable bonds is 4. The lowest BCUT2D eigenvalue weighted by Crippen LogP contribution is -2.62. The molecule has 0 amide bonds. The summed E-state index contributed by atoms with van der Waals surface area (Å²) < 4.78 is 5.41. The van der Waals surface area contributed by atoms with Crippen molar-refractivity contribution in [2.24, 2.45) is 17.6 Å². The highest BCUT2D eigenvalue weighted by molar-refractivity contribution is 4.97. The fraction of sp³-hybridized carbons (Fsp3) is 1.00. The monoisotopic (exact) mass is 253 g/mol. The van der Waals surface area contributed by atoms with Crippen LogP contribution in [0.2, 0.25) is 0 Å². The molecule has 0 bridgehead atoms. The molecule has 0 aromatic heterocycles. The second-order valence-electron chi connectivity index (χ2n) is 6.39. The molecule has 0 aromatic rings. The molecule has 3 rings (SSSR count). The van der Waals surface area contributed by atoms with Crippen LogP contribution in [0, 0.1) is 11.8 Å². The molecular formula is C14H27N3O. The van der Waals surface area contributed by atoms with Gasteiger partial charge in [-0.3, -0.25) is 0 Å². The van der Waals surface area contributed by atoms with E-state index < -0.39 is 0 Å². The van der Waals surface area contributed by atoms with Crippen molar-refractivity contribution >= 4 is 0 Å². The molecule has 1 aliphatic heterocycles. The van der Waals surface area contributed by atoms with Gasteiger partial charge in [0.1, 0.15) is 0 Å². The molecule has 104 valence electrons. The molecule has 0 spiro atoms. The Bertz CT molecular complexity index is 276. The maximum Gasteiger partial charge on any atom is 0.0608 e. The number of hydrogen-bond donors (Lipinski definition) is 2. The van der Waals surface area contributed by atoms with Crippen molar-refractivity contribution in [2.45, 2.75) is 44.1 Å². The van der Waals surface area contributed by atoms with Crippen LogP contribution in [0.5, 0.6) is 0 Å². The van der Waals surface area contributed by atoms with Crippen LogP contribution in [0.15, 0.2) is 0 Å². The van der Waals surface area contributed by atoms with Gasteiger partial charge in [0.05, 0.1) is 13.2 Å². The van der Waals surface area contributed by atoms with Gasteiger partial charge in [-0.15, -0.1) is 0 Å². The predicted molar refractivity (Wildman–Crippen MR) is 72.0 cm³/mol. The molecule has 1 saturated heterocycles. The lowest BCUT2D eigenvalue weighted by Gasteiger charge is -2.45. The van der Waals surface area contributed by atoms with Crippen LogP contribution in [0.1, 0.15) is 38.5 Å². The van der Waals surface area contributed by atoms with Gasteiger partial charge in [-0.05, 0) is 37.5 Å². The third-order valence-electron chi connectivity index (χ3n) is 4.97. The fourth-order valence-electron chi connectivity index (χ4n) is 3.72. The lowest BCUT2D eigenvalue weighted by molar-refractivity contribution is -0.0240. The van der Waals surface area contributed by atoms with Gasteiger partial charge in [0.15, 0.2) is 0 Å². The van der Waals surface area contributed by atoms with Crippen molar-refractivity contribution < 1.29 is 4.74 Å². The quantitative estimate of drug-likeness (QED) is 0.788. The van der Waals surface area contributed by atoms with Gasteiger partial charge < -0.3 is 10.5 Å². The summed E-state index contributed by atoms with van der Waals surface area (Å²) in [6.45, 7) is 4.46. The Balaban J connectivity index is 1.60. The van der Waals surface area contributed by atoms with Gasteiger partial charge in [0.25, 0.3) is 0 Å². The molecule has 2 aliphatic carbocycles. The zero-order valence-electron chi connectivity index (χ0n) is 11.4. The Morgan fingerprint density at radius 2 is 1.94 bits per heavy atom. The minimum atomic E-state index is 0.169. The van der Waals surface area contributed by atoms with Crippen molar-refractivity contribution in [3.8, 4) is 0 Å². The smallest absolute Gasteiger partial charge is 0.0608 e. The zero-order chi connectivity index (χ0) is 12.4. The molecule has 1 heterocycles. The molecule has 3 fully saturated rings. The Hall–Kier alpha value is -0.160. The number of nitrogens with one attached hydrogen (secondary N) is 1. The first-order chi connectivity index (χ1) is 8.81. The summed E-state index contributed by atoms with van der Waals surface area (Å²) in [5.41, 5.74) is 10.0. The van der Waals surface area contributed by atoms with E-state index in [0.29, 0.717) is 0 Å². The largest absolute Gasteiger partial charge is 0.379 e. The lowest BCUT2D eigenvalue weighted by atomic mass is 9.74. The SMILES string of the molecule is NCC1(NN2CCOCC2)CCCC(C2CC2)C1.